The van der Waals surface area contributed by atoms with Gasteiger partial charge in [0.25, 0.3) is 0 Å². The lowest BCUT2D eigenvalue weighted by Crippen LogP contribution is -2.05. The molecule has 1 aliphatic rings. The standard InChI is InChI=1S/C18H32O3/c1-16(2)18(19)20-14-12-10-8-6-4-3-5-7-9-11-13-17-15-21-17/h17H,1,3-15H2,2H3. The molecule has 1 rings (SSSR count). The normalized spacial score (nSPS) is 16.7. The second-order valence-corrected chi connectivity index (χ2v) is 6.20. The van der Waals surface area contributed by atoms with Gasteiger partial charge in [-0.2, -0.15) is 0 Å². The van der Waals surface area contributed by atoms with Gasteiger partial charge in [0.15, 0.2) is 0 Å². The van der Waals surface area contributed by atoms with Crippen LogP contribution in [0.25, 0.3) is 0 Å². The molecule has 3 nitrogen and oxygen atoms in total. The van der Waals surface area contributed by atoms with E-state index in [9.17, 15) is 4.79 Å². The van der Waals surface area contributed by atoms with Gasteiger partial charge in [0.05, 0.1) is 19.3 Å². The summed E-state index contributed by atoms with van der Waals surface area (Å²) in [5.74, 6) is -0.261. The van der Waals surface area contributed by atoms with Crippen LogP contribution in [0.1, 0.15) is 77.6 Å². The Morgan fingerprint density at radius 3 is 1.95 bits per heavy atom. The van der Waals surface area contributed by atoms with Crippen LogP contribution in [0, 0.1) is 0 Å². The molecule has 1 aliphatic heterocycles. The van der Waals surface area contributed by atoms with Crippen molar-refractivity contribution in [3.05, 3.63) is 12.2 Å². The maximum absolute atomic E-state index is 11.1. The molecule has 0 aromatic rings. The fourth-order valence-electron chi connectivity index (χ4n) is 2.41. The van der Waals surface area contributed by atoms with Gasteiger partial charge in [-0.15, -0.1) is 0 Å². The molecule has 21 heavy (non-hydrogen) atoms. The number of epoxide rings is 1. The van der Waals surface area contributed by atoms with E-state index in [0.29, 0.717) is 18.3 Å². The van der Waals surface area contributed by atoms with Gasteiger partial charge in [0.2, 0.25) is 0 Å². The average molecular weight is 296 g/mol. The van der Waals surface area contributed by atoms with E-state index in [0.717, 1.165) is 19.4 Å². The first-order chi connectivity index (χ1) is 10.2. The van der Waals surface area contributed by atoms with E-state index in [1.165, 1.54) is 57.8 Å². The molecule has 0 radical (unpaired) electrons. The molecule has 0 aliphatic carbocycles. The maximum Gasteiger partial charge on any atom is 0.333 e. The van der Waals surface area contributed by atoms with Gasteiger partial charge in [-0.3, -0.25) is 0 Å². The van der Waals surface area contributed by atoms with Crippen LogP contribution < -0.4 is 0 Å². The van der Waals surface area contributed by atoms with Crippen LogP contribution in [0.2, 0.25) is 0 Å². The monoisotopic (exact) mass is 296 g/mol. The van der Waals surface area contributed by atoms with E-state index >= 15 is 0 Å². The summed E-state index contributed by atoms with van der Waals surface area (Å²) in [5.41, 5.74) is 0.486. The molecule has 122 valence electrons. The molecule has 0 saturated carbocycles. The minimum absolute atomic E-state index is 0.261. The third kappa shape index (κ3) is 11.5. The summed E-state index contributed by atoms with van der Waals surface area (Å²) >= 11 is 0. The fourth-order valence-corrected chi connectivity index (χ4v) is 2.41. The van der Waals surface area contributed by atoms with Crippen molar-refractivity contribution < 1.29 is 14.3 Å². The summed E-state index contributed by atoms with van der Waals surface area (Å²) in [7, 11) is 0. The molecule has 0 aromatic carbocycles. The molecule has 0 spiro atoms. The molecule has 1 atom stereocenters. The maximum atomic E-state index is 11.1. The van der Waals surface area contributed by atoms with Crippen LogP contribution >= 0.6 is 0 Å². The smallest absolute Gasteiger partial charge is 0.333 e. The number of esters is 1. The zero-order valence-electron chi connectivity index (χ0n) is 13.7. The summed E-state index contributed by atoms with van der Waals surface area (Å²) in [4.78, 5) is 11.1. The number of unbranched alkanes of at least 4 members (excludes halogenated alkanes) is 9. The highest BCUT2D eigenvalue weighted by molar-refractivity contribution is 5.86. The van der Waals surface area contributed by atoms with Crippen molar-refractivity contribution in [3.8, 4) is 0 Å². The minimum Gasteiger partial charge on any atom is -0.462 e. The number of rotatable bonds is 14. The van der Waals surface area contributed by atoms with E-state index in [1.54, 1.807) is 6.92 Å². The lowest BCUT2D eigenvalue weighted by atomic mass is 10.1. The largest absolute Gasteiger partial charge is 0.462 e. The van der Waals surface area contributed by atoms with Crippen LogP contribution in [-0.2, 0) is 14.3 Å². The van der Waals surface area contributed by atoms with Crippen LogP contribution in [0.5, 0.6) is 0 Å². The molecular weight excluding hydrogens is 264 g/mol. The molecule has 1 heterocycles. The van der Waals surface area contributed by atoms with Crippen LogP contribution in [-0.4, -0.2) is 25.3 Å². The number of carbonyl (C=O) groups is 1. The highest BCUT2D eigenvalue weighted by Gasteiger charge is 2.20. The van der Waals surface area contributed by atoms with Gasteiger partial charge < -0.3 is 9.47 Å². The van der Waals surface area contributed by atoms with Crippen molar-refractivity contribution in [2.24, 2.45) is 0 Å². The van der Waals surface area contributed by atoms with Crippen molar-refractivity contribution in [2.45, 2.75) is 83.7 Å². The Kier molecular flexibility index (Phi) is 10.2. The molecule has 0 aromatic heterocycles. The summed E-state index contributed by atoms with van der Waals surface area (Å²) < 4.78 is 10.3. The number of hydrogen-bond donors (Lipinski definition) is 0. The van der Waals surface area contributed by atoms with Crippen LogP contribution in [0.15, 0.2) is 12.2 Å². The zero-order valence-corrected chi connectivity index (χ0v) is 13.7. The predicted molar refractivity (Wildman–Crippen MR) is 86.3 cm³/mol. The van der Waals surface area contributed by atoms with Gasteiger partial charge in [-0.05, 0) is 19.8 Å². The fraction of sp³-hybridized carbons (Fsp3) is 0.833. The average Bonchev–Trinajstić information content (AvgIpc) is 3.27. The second-order valence-electron chi connectivity index (χ2n) is 6.20. The van der Waals surface area contributed by atoms with Gasteiger partial charge >= 0.3 is 5.97 Å². The molecule has 3 heteroatoms. The highest BCUT2D eigenvalue weighted by Crippen LogP contribution is 2.18. The zero-order chi connectivity index (χ0) is 15.3. The first kappa shape index (κ1) is 18.2. The van der Waals surface area contributed by atoms with Crippen molar-refractivity contribution in [3.63, 3.8) is 0 Å². The number of ether oxygens (including phenoxy) is 2. The Hall–Kier alpha value is -0.830. The Balaban J connectivity index is 1.68. The summed E-state index contributed by atoms with van der Waals surface area (Å²) in [6, 6.07) is 0. The molecule has 0 amide bonds. The molecule has 1 saturated heterocycles. The van der Waals surface area contributed by atoms with E-state index in [2.05, 4.69) is 6.58 Å². The Bertz CT molecular complexity index is 295. The summed E-state index contributed by atoms with van der Waals surface area (Å²) in [6.45, 7) is 6.79. The van der Waals surface area contributed by atoms with Gasteiger partial charge in [0, 0.05) is 5.57 Å². The van der Waals surface area contributed by atoms with E-state index in [-0.39, 0.29) is 5.97 Å². The lowest BCUT2D eigenvalue weighted by molar-refractivity contribution is -0.139. The van der Waals surface area contributed by atoms with E-state index in [4.69, 9.17) is 9.47 Å². The SMILES string of the molecule is C=C(C)C(=O)OCCCCCCCCCCCCC1CO1. The first-order valence-electron chi connectivity index (χ1n) is 8.64. The summed E-state index contributed by atoms with van der Waals surface area (Å²) in [6.07, 6.45) is 14.8. The van der Waals surface area contributed by atoms with Crippen molar-refractivity contribution in [2.75, 3.05) is 13.2 Å². The molecule has 1 fully saturated rings. The number of hydrogen-bond acceptors (Lipinski definition) is 3. The van der Waals surface area contributed by atoms with E-state index in [1.807, 2.05) is 0 Å². The highest BCUT2D eigenvalue weighted by atomic mass is 16.6. The van der Waals surface area contributed by atoms with Crippen LogP contribution in [0.3, 0.4) is 0 Å². The minimum atomic E-state index is -0.261. The van der Waals surface area contributed by atoms with E-state index < -0.39 is 0 Å². The van der Waals surface area contributed by atoms with Crippen molar-refractivity contribution >= 4 is 5.97 Å². The quantitative estimate of drug-likeness (QED) is 0.200. The Labute approximate surface area is 130 Å². The lowest BCUT2D eigenvalue weighted by Gasteiger charge is -2.04. The summed E-state index contributed by atoms with van der Waals surface area (Å²) in [5, 5.41) is 0. The molecule has 0 N–H and O–H groups in total. The van der Waals surface area contributed by atoms with Gasteiger partial charge in [-0.1, -0.05) is 64.4 Å². The predicted octanol–water partition coefficient (Wildman–Crippen LogP) is 4.80. The van der Waals surface area contributed by atoms with Gasteiger partial charge in [0.1, 0.15) is 0 Å². The topological polar surface area (TPSA) is 38.8 Å². The molecular formula is C18H32O3. The van der Waals surface area contributed by atoms with Gasteiger partial charge in [-0.25, -0.2) is 4.79 Å². The first-order valence-corrected chi connectivity index (χ1v) is 8.64. The number of carbonyl (C=O) groups excluding carboxylic acids is 1. The second kappa shape index (κ2) is 11.8. The Morgan fingerprint density at radius 1 is 1.00 bits per heavy atom. The third-order valence-corrected chi connectivity index (χ3v) is 3.90. The third-order valence-electron chi connectivity index (χ3n) is 3.90. The molecule has 0 bridgehead atoms. The van der Waals surface area contributed by atoms with Crippen LogP contribution in [0.4, 0.5) is 0 Å². The Morgan fingerprint density at radius 2 is 1.48 bits per heavy atom. The van der Waals surface area contributed by atoms with Crippen molar-refractivity contribution in [1.82, 2.24) is 0 Å². The van der Waals surface area contributed by atoms with Crippen molar-refractivity contribution in [1.29, 1.82) is 0 Å². The molecule has 1 unspecified atom stereocenters.